The van der Waals surface area contributed by atoms with E-state index in [4.69, 9.17) is 56.3 Å². The second-order valence-electron chi connectivity index (χ2n) is 1.39. The summed E-state index contributed by atoms with van der Waals surface area (Å²) >= 11 is 24.5. The molecule has 0 aliphatic heterocycles. The third-order valence-electron chi connectivity index (χ3n) is 0.349. The van der Waals surface area contributed by atoms with Crippen LogP contribution in [0.2, 0.25) is 0 Å². The third kappa shape index (κ3) is 32.8. The molecule has 9 heteroatoms. The number of halogens is 5. The average Bonchev–Trinajstić information content (AvgIpc) is 1.80. The van der Waals surface area contributed by atoms with Crippen molar-refractivity contribution in [3.63, 3.8) is 0 Å². The lowest BCUT2D eigenvalue weighted by Gasteiger charge is -2.07. The van der Waals surface area contributed by atoms with Crippen molar-refractivity contribution < 1.29 is 19.4 Å². The van der Waals surface area contributed by atoms with Crippen LogP contribution in [0, 0.1) is 0 Å². The molecule has 0 amide bonds. The molecule has 78 valence electrons. The van der Waals surface area contributed by atoms with Gasteiger partial charge in [0, 0.05) is 23.2 Å². The lowest BCUT2D eigenvalue weighted by atomic mass is 10.8. The van der Waals surface area contributed by atoms with Crippen LogP contribution in [-0.4, -0.2) is 26.4 Å². The molecule has 4 nitrogen and oxygen atoms in total. The van der Waals surface area contributed by atoms with Gasteiger partial charge in [0.2, 0.25) is 3.79 Å². The van der Waals surface area contributed by atoms with Gasteiger partial charge in [0.25, 0.3) is 0 Å². The fourth-order valence-corrected chi connectivity index (χ4v) is 0.357. The van der Waals surface area contributed by atoms with E-state index in [2.05, 4.69) is 16.3 Å². The van der Waals surface area contributed by atoms with Crippen molar-refractivity contribution in [2.45, 2.75) is 3.79 Å². The molecule has 0 aliphatic rings. The van der Waals surface area contributed by atoms with Crippen LogP contribution >= 0.6 is 58.0 Å². The number of carboxylic acid groups (broad SMARTS) is 1. The van der Waals surface area contributed by atoms with Gasteiger partial charge in [-0.2, -0.15) is 0 Å². The van der Waals surface area contributed by atoms with E-state index in [1.807, 2.05) is 0 Å². The van der Waals surface area contributed by atoms with E-state index in [0.29, 0.717) is 0 Å². The summed E-state index contributed by atoms with van der Waals surface area (Å²) in [5.74, 6) is 0. The number of carbonyl (C=O) groups excluding carboxylic acids is 1. The van der Waals surface area contributed by atoms with Crippen molar-refractivity contribution in [3.05, 3.63) is 0 Å². The first-order chi connectivity index (χ1) is 5.65. The molecule has 0 unspecified atom stereocenters. The molecule has 0 aromatic heterocycles. The van der Waals surface area contributed by atoms with Crippen molar-refractivity contribution in [3.8, 4) is 0 Å². The summed E-state index contributed by atoms with van der Waals surface area (Å²) in [6.07, 6.45) is 0. The van der Waals surface area contributed by atoms with Gasteiger partial charge in [0.15, 0.2) is 0 Å². The fraction of sp³-hybridized carbons (Fsp3) is 0.500. The first-order valence-electron chi connectivity index (χ1n) is 2.42. The summed E-state index contributed by atoms with van der Waals surface area (Å²) in [5, 5.41) is 7.18. The molecule has 0 radical (unpaired) electrons. The molecule has 0 fully saturated rings. The summed E-state index contributed by atoms with van der Waals surface area (Å²) in [7, 11) is 0. The standard InChI is InChI=1S/C3H2Cl4O2.CHClO2/c4-2(8)9-1-3(5,6)7;2-1(3)4/h1H2;(H,3,4). The minimum Gasteiger partial charge on any atom is -0.469 e. The molecule has 0 saturated heterocycles. The Kier molecular flexibility index (Phi) is 9.46. The van der Waals surface area contributed by atoms with Crippen LogP contribution in [0.3, 0.4) is 0 Å². The van der Waals surface area contributed by atoms with E-state index >= 15 is 0 Å². The van der Waals surface area contributed by atoms with Crippen molar-refractivity contribution >= 4 is 68.9 Å². The van der Waals surface area contributed by atoms with Gasteiger partial charge in [-0.15, -0.1) is 0 Å². The van der Waals surface area contributed by atoms with Crippen molar-refractivity contribution in [2.24, 2.45) is 0 Å². The van der Waals surface area contributed by atoms with Crippen LogP contribution in [0.25, 0.3) is 0 Å². The van der Waals surface area contributed by atoms with E-state index in [1.165, 1.54) is 0 Å². The van der Waals surface area contributed by atoms with E-state index in [9.17, 15) is 4.79 Å². The monoisotopic (exact) mass is 290 g/mol. The van der Waals surface area contributed by atoms with E-state index in [0.717, 1.165) is 0 Å². The predicted octanol–water partition coefficient (Wildman–Crippen LogP) is 3.64. The van der Waals surface area contributed by atoms with Gasteiger partial charge in [0.1, 0.15) is 6.61 Å². The second kappa shape index (κ2) is 7.76. The predicted molar refractivity (Wildman–Crippen MR) is 51.4 cm³/mol. The van der Waals surface area contributed by atoms with Gasteiger partial charge >= 0.3 is 10.9 Å². The van der Waals surface area contributed by atoms with Crippen LogP contribution < -0.4 is 0 Å². The van der Waals surface area contributed by atoms with Gasteiger partial charge < -0.3 is 9.84 Å². The molecule has 0 rings (SSSR count). The largest absolute Gasteiger partial charge is 0.469 e. The highest BCUT2D eigenvalue weighted by Gasteiger charge is 2.21. The highest BCUT2D eigenvalue weighted by molar-refractivity contribution is 6.68. The molecule has 0 spiro atoms. The summed E-state index contributed by atoms with van der Waals surface area (Å²) in [4.78, 5) is 18.6. The highest BCUT2D eigenvalue weighted by atomic mass is 35.6. The van der Waals surface area contributed by atoms with Gasteiger partial charge in [-0.3, -0.25) is 0 Å². The molecular formula is C4H3Cl5O4. The van der Waals surface area contributed by atoms with Gasteiger partial charge in [-0.25, -0.2) is 9.59 Å². The van der Waals surface area contributed by atoms with Crippen molar-refractivity contribution in [1.82, 2.24) is 0 Å². The Bertz CT molecular complexity index is 172. The van der Waals surface area contributed by atoms with Gasteiger partial charge in [0.05, 0.1) is 0 Å². The van der Waals surface area contributed by atoms with E-state index in [-0.39, 0.29) is 6.61 Å². The Morgan fingerprint density at radius 3 is 1.62 bits per heavy atom. The number of alkyl halides is 3. The van der Waals surface area contributed by atoms with Crippen LogP contribution in [0.4, 0.5) is 9.59 Å². The van der Waals surface area contributed by atoms with Crippen LogP contribution in [0.5, 0.6) is 0 Å². The minimum atomic E-state index is -1.58. The first kappa shape index (κ1) is 15.8. The molecule has 0 aromatic rings. The zero-order valence-corrected chi connectivity index (χ0v) is 9.55. The molecule has 0 bridgehead atoms. The van der Waals surface area contributed by atoms with Crippen molar-refractivity contribution in [1.29, 1.82) is 0 Å². The van der Waals surface area contributed by atoms with Crippen LogP contribution in [0.15, 0.2) is 0 Å². The van der Waals surface area contributed by atoms with Gasteiger partial charge in [-0.1, -0.05) is 34.8 Å². The smallest absolute Gasteiger partial charge is 0.403 e. The fourth-order valence-electron chi connectivity index (χ4n) is 0.139. The molecule has 0 aromatic carbocycles. The van der Waals surface area contributed by atoms with E-state index < -0.39 is 14.6 Å². The van der Waals surface area contributed by atoms with Crippen LogP contribution in [-0.2, 0) is 4.74 Å². The zero-order valence-electron chi connectivity index (χ0n) is 5.77. The Hall–Kier alpha value is 0.390. The minimum absolute atomic E-state index is 0.333. The summed E-state index contributed by atoms with van der Waals surface area (Å²) in [6, 6.07) is 0. The molecule has 0 saturated carbocycles. The number of hydrogen-bond acceptors (Lipinski definition) is 3. The summed E-state index contributed by atoms with van der Waals surface area (Å²) in [6.45, 7) is -0.333. The Balaban J connectivity index is 0. The normalized spacial score (nSPS) is 9.62. The Morgan fingerprint density at radius 2 is 1.54 bits per heavy atom. The average molecular weight is 292 g/mol. The first-order valence-corrected chi connectivity index (χ1v) is 4.31. The van der Waals surface area contributed by atoms with Crippen molar-refractivity contribution in [2.75, 3.05) is 6.61 Å². The van der Waals surface area contributed by atoms with Crippen LogP contribution in [0.1, 0.15) is 0 Å². The Morgan fingerprint density at radius 1 is 1.23 bits per heavy atom. The molecular weight excluding hydrogens is 289 g/mol. The maximum absolute atomic E-state index is 9.86. The lowest BCUT2D eigenvalue weighted by molar-refractivity contribution is 0.176. The SMILES string of the molecule is O=C(Cl)OCC(Cl)(Cl)Cl.O=C(O)Cl. The Labute approximate surface area is 98.6 Å². The number of ether oxygens (including phenoxy) is 1. The summed E-state index contributed by atoms with van der Waals surface area (Å²) in [5.41, 5.74) is -2.35. The molecule has 13 heavy (non-hydrogen) atoms. The number of rotatable bonds is 1. The summed E-state index contributed by atoms with van der Waals surface area (Å²) < 4.78 is 2.56. The topological polar surface area (TPSA) is 63.6 Å². The lowest BCUT2D eigenvalue weighted by Crippen LogP contribution is -2.13. The second-order valence-corrected chi connectivity index (χ2v) is 4.54. The third-order valence-corrected chi connectivity index (χ3v) is 0.786. The maximum Gasteiger partial charge on any atom is 0.403 e. The van der Waals surface area contributed by atoms with Gasteiger partial charge in [-0.05, 0) is 0 Å². The molecule has 1 N–H and O–H groups in total. The number of carbonyl (C=O) groups is 2. The molecule has 0 aliphatic carbocycles. The zero-order chi connectivity index (χ0) is 11.1. The quantitative estimate of drug-likeness (QED) is 0.592. The van der Waals surface area contributed by atoms with E-state index in [1.54, 1.807) is 0 Å². The highest BCUT2D eigenvalue weighted by Crippen LogP contribution is 2.26. The number of hydrogen-bond donors (Lipinski definition) is 1. The maximum atomic E-state index is 9.86. The molecule has 0 atom stereocenters. The molecule has 0 heterocycles.